The van der Waals surface area contributed by atoms with Gasteiger partial charge in [-0.25, -0.2) is 15.0 Å². The molecule has 0 unspecified atom stereocenters. The summed E-state index contributed by atoms with van der Waals surface area (Å²) in [5.74, 6) is 6.99. The number of halogens is 2. The maximum atomic E-state index is 12.9. The number of likely N-dealkylation sites (N-methyl/N-ethyl adjacent to an activating group) is 2. The molecule has 13 aromatic rings. The minimum absolute atomic E-state index is 0.0117. The van der Waals surface area contributed by atoms with E-state index in [0.717, 1.165) is 167 Å². The number of para-hydroxylation sites is 4. The number of methoxy groups -OCH3 is 3. The molecule has 8 aromatic carbocycles. The van der Waals surface area contributed by atoms with Gasteiger partial charge in [0.1, 0.15) is 78.9 Å². The van der Waals surface area contributed by atoms with E-state index in [1.165, 1.54) is 45.1 Å². The number of H-pyrrole nitrogens is 1. The molecular formula is C105H130Cl2N24O9P4. The van der Waals surface area contributed by atoms with Gasteiger partial charge in [0.25, 0.3) is 5.91 Å². The van der Waals surface area contributed by atoms with Gasteiger partial charge < -0.3 is 119 Å². The average Bonchev–Trinajstić information content (AvgIpc) is 1.57. The molecule has 18 rings (SSSR count). The van der Waals surface area contributed by atoms with Gasteiger partial charge in [0.2, 0.25) is 23.8 Å². The van der Waals surface area contributed by atoms with Crippen molar-refractivity contribution in [2.24, 2.45) is 5.92 Å². The van der Waals surface area contributed by atoms with E-state index < -0.39 is 28.6 Å². The van der Waals surface area contributed by atoms with E-state index in [1.54, 1.807) is 100 Å². The monoisotopic (exact) mass is 2060 g/mol. The molecule has 33 nitrogen and oxygen atoms in total. The van der Waals surface area contributed by atoms with E-state index >= 15 is 0 Å². The smallest absolute Gasteiger partial charge is 0.253 e. The average molecular weight is 2070 g/mol. The third-order valence-electron chi connectivity index (χ3n) is 25.3. The molecule has 4 saturated heterocycles. The summed E-state index contributed by atoms with van der Waals surface area (Å²) in [6.45, 7) is 32.1. The van der Waals surface area contributed by atoms with Crippen molar-refractivity contribution in [2.45, 2.75) is 52.1 Å². The Morgan fingerprint density at radius 2 is 0.861 bits per heavy atom. The van der Waals surface area contributed by atoms with Crippen LogP contribution in [-0.2, 0) is 24.7 Å². The van der Waals surface area contributed by atoms with E-state index in [0.29, 0.717) is 109 Å². The van der Waals surface area contributed by atoms with E-state index in [-0.39, 0.29) is 12.0 Å². The van der Waals surface area contributed by atoms with Crippen LogP contribution in [0.15, 0.2) is 201 Å². The number of likely N-dealkylation sites (tertiary alicyclic amines) is 1. The molecular weight excluding hydrogens is 1940 g/mol. The van der Waals surface area contributed by atoms with Crippen LogP contribution < -0.4 is 103 Å². The highest BCUT2D eigenvalue weighted by atomic mass is 35.5. The first-order chi connectivity index (χ1) is 69.0. The zero-order valence-corrected chi connectivity index (χ0v) is 89.6. The van der Waals surface area contributed by atoms with Crippen molar-refractivity contribution >= 4 is 206 Å². The summed E-state index contributed by atoms with van der Waals surface area (Å²) in [4.78, 5) is 66.7. The number of aromatic nitrogens is 9. The first-order valence-corrected chi connectivity index (χ1v) is 59.3. The number of piperazine rings is 1. The number of hydrogen-bond donors (Lipinski definition) is 10. The van der Waals surface area contributed by atoms with Crippen molar-refractivity contribution in [3.8, 4) is 23.0 Å². The maximum absolute atomic E-state index is 12.9. The number of allylic oxidation sites excluding steroid dienone is 1. The van der Waals surface area contributed by atoms with Gasteiger partial charge in [0.05, 0.1) is 102 Å². The Balaban J connectivity index is 0.000000145. The minimum Gasteiger partial charge on any atom is -0.495 e. The summed E-state index contributed by atoms with van der Waals surface area (Å²) in [6.07, 6.45) is 14.5. The van der Waals surface area contributed by atoms with Crippen molar-refractivity contribution in [1.82, 2.24) is 64.9 Å². The van der Waals surface area contributed by atoms with Crippen LogP contribution in [0.3, 0.4) is 0 Å². The van der Waals surface area contributed by atoms with E-state index in [2.05, 4.69) is 157 Å². The molecule has 0 saturated carbocycles. The van der Waals surface area contributed by atoms with Gasteiger partial charge in [-0.1, -0.05) is 83.9 Å². The Kier molecular flexibility index (Phi) is 34.7. The van der Waals surface area contributed by atoms with Crippen molar-refractivity contribution in [2.75, 3.05) is 238 Å². The summed E-state index contributed by atoms with van der Waals surface area (Å²) in [7, 11) is 0.890. The van der Waals surface area contributed by atoms with Gasteiger partial charge in [-0.15, -0.1) is 0 Å². The Bertz CT molecular complexity index is 6960. The lowest BCUT2D eigenvalue weighted by atomic mass is 9.94. The number of fused-ring (bicyclic) bond motifs is 2. The fourth-order valence-electron chi connectivity index (χ4n) is 17.4. The molecule has 5 aromatic heterocycles. The zero-order valence-electron chi connectivity index (χ0n) is 84.5. The number of benzene rings is 8. The van der Waals surface area contributed by atoms with Gasteiger partial charge in [-0.3, -0.25) is 4.79 Å². The Labute approximate surface area is 853 Å². The Hall–Kier alpha value is -12.8. The summed E-state index contributed by atoms with van der Waals surface area (Å²) in [6, 6.07) is 55.7. The Morgan fingerprint density at radius 3 is 1.35 bits per heavy atom. The van der Waals surface area contributed by atoms with E-state index in [9.17, 15) is 23.1 Å². The third-order valence-corrected chi connectivity index (χ3v) is 32.0. The molecule has 0 atom stereocenters. The summed E-state index contributed by atoms with van der Waals surface area (Å²) >= 11 is 12.8. The molecule has 1 aliphatic carbocycles. The van der Waals surface area contributed by atoms with Gasteiger partial charge in [0, 0.05) is 147 Å². The number of aromatic amines is 1. The fraction of sp³-hybridized carbons (Fsp3) is 0.343. The number of nitrogens with zero attached hydrogens (tertiary/aromatic N) is 14. The number of rotatable bonds is 31. The third kappa shape index (κ3) is 27.4. The number of hydrogen-bond acceptors (Lipinski definition) is 31. The van der Waals surface area contributed by atoms with Crippen LogP contribution in [0, 0.1) is 5.92 Å². The number of anilines is 19. The maximum Gasteiger partial charge on any atom is 0.253 e. The van der Waals surface area contributed by atoms with Crippen LogP contribution in [0.25, 0.3) is 17.1 Å². The highest BCUT2D eigenvalue weighted by Crippen LogP contribution is 2.46. The predicted octanol–water partition coefficient (Wildman–Crippen LogP) is 20.2. The molecule has 4 fully saturated rings. The van der Waals surface area contributed by atoms with Crippen molar-refractivity contribution in [1.29, 1.82) is 0 Å². The molecule has 39 heteroatoms. The normalized spacial score (nSPS) is 14.7. The molecule has 144 heavy (non-hydrogen) atoms. The lowest BCUT2D eigenvalue weighted by Gasteiger charge is -2.39. The molecule has 0 bridgehead atoms. The number of piperidine rings is 1. The quantitative estimate of drug-likeness (QED) is 0.0180. The van der Waals surface area contributed by atoms with E-state index in [1.807, 2.05) is 166 Å². The molecule has 0 spiro atoms. The lowest BCUT2D eigenvalue weighted by molar-refractivity contribution is 0.0963. The lowest BCUT2D eigenvalue weighted by Crippen LogP contribution is -2.44. The van der Waals surface area contributed by atoms with Crippen LogP contribution in [0.5, 0.6) is 23.0 Å². The number of ether oxygens (including phenoxy) is 4. The van der Waals surface area contributed by atoms with Crippen LogP contribution >= 0.6 is 51.8 Å². The summed E-state index contributed by atoms with van der Waals surface area (Å²) in [5, 5.41) is 33.5. The second kappa shape index (κ2) is 47.4. The summed E-state index contributed by atoms with van der Waals surface area (Å²) in [5.41, 5.74) is 12.2. The predicted molar refractivity (Wildman–Crippen MR) is 596 cm³/mol. The molecule has 4 aliphatic heterocycles. The number of nitrogens with one attached hydrogen (secondary N) is 10. The van der Waals surface area contributed by atoms with Crippen molar-refractivity contribution < 1.29 is 42.0 Å². The molecule has 10 N–H and O–H groups in total. The number of carbonyl (C=O) groups is 1. The largest absolute Gasteiger partial charge is 0.495 e. The first-order valence-electron chi connectivity index (χ1n) is 48.1. The summed E-state index contributed by atoms with van der Waals surface area (Å²) < 4.78 is 74.0. The molecule has 758 valence electrons. The van der Waals surface area contributed by atoms with Crippen molar-refractivity contribution in [3.63, 3.8) is 0 Å². The van der Waals surface area contributed by atoms with Crippen LogP contribution in [0.1, 0.15) is 61.1 Å². The molecule has 9 heterocycles. The second-order valence-electron chi connectivity index (χ2n) is 37.9. The molecule has 1 amide bonds. The van der Waals surface area contributed by atoms with Crippen LogP contribution in [0.4, 0.5) is 110 Å². The highest BCUT2D eigenvalue weighted by Gasteiger charge is 2.30. The Morgan fingerprint density at radius 1 is 0.438 bits per heavy atom. The fourth-order valence-corrected chi connectivity index (χ4v) is 22.0. The first kappa shape index (κ1) is 106. The highest BCUT2D eigenvalue weighted by molar-refractivity contribution is 7.71. The molecule has 5 aliphatic rings. The van der Waals surface area contributed by atoms with Crippen LogP contribution in [0.2, 0.25) is 10.0 Å². The number of amides is 1. The van der Waals surface area contributed by atoms with Crippen LogP contribution in [-0.4, -0.2) is 252 Å². The van der Waals surface area contributed by atoms with Gasteiger partial charge in [0.15, 0.2) is 11.6 Å². The standard InChI is InChI=1S/C28H36ClN6O2P.C28H36N7O2P.C25H32ClN6O2P.C24H26N5O3P/c1-37-25-17-21(35-15-11-20(12-16-35)19-34-13-6-14-34)9-10-23(25)32-28-30-18-22(29)27(33-28)31-24-7-4-5-8-26(24)38(2,3)36;1-19(2)37-24-18-20(35-16-14-34(3)15-17-35)10-11-22(24)31-28-32-26-21(12-13-29-26)27(33-28)30-23-8-6-7-9-25(23)38(4,5)36;1-31-12-7-13-32(15-14-31)18-10-11-20(22(16-18)34-2)29-25-27-17-19(26)24(30-25)28-21-8-5-6-9-23(21)35(3,4)33;1-25-23(30)17-8-5-6-10-19(17)26-22-16-9-7-11-18(16)27-24(29-22)28-20-13-12-15(33(3,4)31)14-21(20)32-2/h4-5,7-10,17-18,20H,6,11-16,19H2,1-3H3,(H2,30,31,32,33);6-13,18-19H,14-17H2,1-5H3,(H3,29,30,31,32,33);5-6,8-11,16-17H,7,12-15H2,1-4H3,(H2,27,28,29,30);5-10,12-14H,11H2,1-4H3,(H,25,30)(H2,26,27,28,29). The van der Waals surface area contributed by atoms with Gasteiger partial charge >= 0.3 is 0 Å². The second-order valence-corrected chi connectivity index (χ2v) is 51.5. The molecule has 0 radical (unpaired) electrons. The topological polar surface area (TPSA) is 369 Å². The van der Waals surface area contributed by atoms with E-state index in [4.69, 9.17) is 52.1 Å². The number of carbonyl (C=O) groups excluding carboxylic acids is 1. The van der Waals surface area contributed by atoms with Gasteiger partial charge in [-0.05, 0) is 242 Å². The van der Waals surface area contributed by atoms with Gasteiger partial charge in [-0.2, -0.15) is 24.9 Å². The zero-order chi connectivity index (χ0) is 102. The SMILES string of the molecule is CC(C)Oc1cc(N2CCN(C)CC2)ccc1Nc1nc(Nc2ccccc2P(C)(C)=O)c2cc[nH]c2n1.CNC(=O)c1ccccc1Nc1nc(Nc2ccc(P(C)(C)=O)cc2OC)nc2c1C=CC2.COc1cc(N2CCC(CN3CCC3)CC2)ccc1Nc1ncc(Cl)c(Nc2ccccc2P(C)(C)=O)n1.COc1cc(N2CCCN(C)CC2)ccc1Nc1ncc(Cl)c(Nc2ccccc2P(C)(C)=O)n1. The van der Waals surface area contributed by atoms with Crippen molar-refractivity contribution in [3.05, 3.63) is 227 Å². The minimum atomic E-state index is -2.50.